The zero-order valence-corrected chi connectivity index (χ0v) is 17.6. The number of aromatic nitrogens is 1. The largest absolute Gasteiger partial charge is 0.586 e. The number of benzene rings is 1. The summed E-state index contributed by atoms with van der Waals surface area (Å²) in [5.41, 5.74) is 3.39. The van der Waals surface area contributed by atoms with E-state index in [1.807, 2.05) is 0 Å². The van der Waals surface area contributed by atoms with Crippen LogP contribution >= 0.6 is 11.3 Å². The van der Waals surface area contributed by atoms with Crippen LogP contribution in [0.25, 0.3) is 0 Å². The van der Waals surface area contributed by atoms with E-state index in [1.54, 1.807) is 13.8 Å². The molecular weight excluding hydrogens is 399 g/mol. The van der Waals surface area contributed by atoms with Crippen molar-refractivity contribution in [1.29, 1.82) is 0 Å². The smallest absolute Gasteiger partial charge is 0.329 e. The fourth-order valence-corrected chi connectivity index (χ4v) is 6.05. The highest BCUT2D eigenvalue weighted by molar-refractivity contribution is 7.92. The topological polar surface area (TPSA) is 85.3 Å². The number of aliphatic hydroxyl groups is 1. The number of nitrogens with one attached hydrogen (secondary N) is 1. The summed E-state index contributed by atoms with van der Waals surface area (Å²) in [6.45, 7) is 3.25. The first-order valence-corrected chi connectivity index (χ1v) is 11.5. The van der Waals surface area contributed by atoms with Crippen LogP contribution in [0.2, 0.25) is 0 Å². The molecule has 0 saturated carbocycles. The molecule has 1 unspecified atom stereocenters. The molecule has 150 valence electrons. The predicted molar refractivity (Wildman–Crippen MR) is 106 cm³/mol. The number of carbonyl (C=O) groups excluding carboxylic acids is 1. The van der Waals surface area contributed by atoms with Gasteiger partial charge in [0.1, 0.15) is 17.2 Å². The molecule has 5 nitrogen and oxygen atoms in total. The van der Waals surface area contributed by atoms with Crippen LogP contribution in [0.1, 0.15) is 59.4 Å². The minimum Gasteiger partial charge on any atom is -0.586 e. The van der Waals surface area contributed by atoms with Gasteiger partial charge in [-0.2, -0.15) is 9.71 Å². The third kappa shape index (κ3) is 3.58. The number of nitrogens with zero attached hydrogens (tertiary/aromatic N) is 1. The molecule has 0 radical (unpaired) electrons. The van der Waals surface area contributed by atoms with Crippen LogP contribution < -0.4 is 4.72 Å². The van der Waals surface area contributed by atoms with Crippen molar-refractivity contribution in [3.63, 3.8) is 0 Å². The number of fused-ring (bicyclic) bond motifs is 2. The van der Waals surface area contributed by atoms with Crippen LogP contribution in [0.5, 0.6) is 0 Å². The Kier molecular flexibility index (Phi) is 5.24. The molecule has 28 heavy (non-hydrogen) atoms. The second kappa shape index (κ2) is 7.40. The van der Waals surface area contributed by atoms with Gasteiger partial charge in [0.25, 0.3) is 5.91 Å². The summed E-state index contributed by atoms with van der Waals surface area (Å²) in [7, 11) is 0. The number of halogens is 1. The standard InChI is InChI=1S/C20H23FN2O3S2/c1-20(2,25)16-10-22-19(27-16)28(26)23-17(24)9-15-11-5-3-7-13(11)18(21)14-8-4-6-12(14)15/h10,25H,3-9H2,1-2H3,(H,23,24). The summed E-state index contributed by atoms with van der Waals surface area (Å²) >= 11 is -0.667. The van der Waals surface area contributed by atoms with E-state index in [-0.39, 0.29) is 22.5 Å². The van der Waals surface area contributed by atoms with Crippen molar-refractivity contribution in [3.8, 4) is 0 Å². The zero-order valence-electron chi connectivity index (χ0n) is 15.9. The lowest BCUT2D eigenvalue weighted by atomic mass is 9.91. The van der Waals surface area contributed by atoms with Crippen LogP contribution in [-0.2, 0) is 53.9 Å². The first-order valence-electron chi connectivity index (χ1n) is 9.49. The Hall–Kier alpha value is -1.48. The quantitative estimate of drug-likeness (QED) is 0.726. The molecule has 2 aromatic rings. The number of rotatable bonds is 5. The van der Waals surface area contributed by atoms with E-state index >= 15 is 0 Å². The predicted octanol–water partition coefficient (Wildman–Crippen LogP) is 2.87. The average molecular weight is 423 g/mol. The van der Waals surface area contributed by atoms with E-state index in [2.05, 4.69) is 9.71 Å². The van der Waals surface area contributed by atoms with E-state index in [0.29, 0.717) is 4.88 Å². The normalized spacial score (nSPS) is 16.8. The first kappa shape index (κ1) is 19.8. The molecule has 2 aliphatic carbocycles. The van der Waals surface area contributed by atoms with Crippen molar-refractivity contribution in [2.75, 3.05) is 0 Å². The van der Waals surface area contributed by atoms with E-state index in [1.165, 1.54) is 6.20 Å². The van der Waals surface area contributed by atoms with Gasteiger partial charge < -0.3 is 9.66 Å². The monoisotopic (exact) mass is 422 g/mol. The van der Waals surface area contributed by atoms with Crippen molar-refractivity contribution < 1.29 is 18.8 Å². The van der Waals surface area contributed by atoms with Gasteiger partial charge in [-0.1, -0.05) is 11.3 Å². The molecule has 0 fully saturated rings. The lowest BCUT2D eigenvalue weighted by molar-refractivity contribution is -0.118. The van der Waals surface area contributed by atoms with Gasteiger partial charge in [0.15, 0.2) is 0 Å². The average Bonchev–Trinajstić information content (AvgIpc) is 3.38. The van der Waals surface area contributed by atoms with Gasteiger partial charge in [-0.05, 0) is 80.2 Å². The molecule has 0 spiro atoms. The van der Waals surface area contributed by atoms with Gasteiger partial charge in [-0.15, -0.1) is 0 Å². The lowest BCUT2D eigenvalue weighted by Gasteiger charge is -2.16. The van der Waals surface area contributed by atoms with Crippen LogP contribution in [0.3, 0.4) is 0 Å². The second-order valence-electron chi connectivity index (χ2n) is 7.93. The van der Waals surface area contributed by atoms with Gasteiger partial charge in [-0.3, -0.25) is 4.79 Å². The summed E-state index contributed by atoms with van der Waals surface area (Å²) in [4.78, 5) is 17.3. The summed E-state index contributed by atoms with van der Waals surface area (Å²) in [5.74, 6) is -0.414. The molecule has 4 rings (SSSR count). The Balaban J connectivity index is 1.53. The van der Waals surface area contributed by atoms with E-state index in [9.17, 15) is 18.8 Å². The van der Waals surface area contributed by atoms with Gasteiger partial charge in [-0.25, -0.2) is 4.39 Å². The highest BCUT2D eigenvalue weighted by Gasteiger charge is 2.31. The van der Waals surface area contributed by atoms with Crippen molar-refractivity contribution in [2.45, 2.75) is 68.7 Å². The van der Waals surface area contributed by atoms with E-state index in [4.69, 9.17) is 0 Å². The van der Waals surface area contributed by atoms with Crippen molar-refractivity contribution in [2.24, 2.45) is 0 Å². The minimum atomic E-state index is -1.78. The SMILES string of the molecule is CC(C)(O)c1cnc([S+]([O-])NC(=O)Cc2c3c(c(F)c4c2CCC4)CCC3)s1. The van der Waals surface area contributed by atoms with Gasteiger partial charge in [0.05, 0.1) is 16.9 Å². The molecular formula is C20H23FN2O3S2. The summed E-state index contributed by atoms with van der Waals surface area (Å²) in [6.07, 6.45) is 6.47. The number of thiazole rings is 1. The highest BCUT2D eigenvalue weighted by Crippen LogP contribution is 2.38. The molecule has 0 aliphatic heterocycles. The maximum atomic E-state index is 14.7. The fourth-order valence-electron chi connectivity index (χ4n) is 4.19. The first-order chi connectivity index (χ1) is 13.3. The lowest BCUT2D eigenvalue weighted by Crippen LogP contribution is -2.32. The van der Waals surface area contributed by atoms with Crippen LogP contribution in [-0.4, -0.2) is 20.6 Å². The summed E-state index contributed by atoms with van der Waals surface area (Å²) in [6, 6.07) is 0. The second-order valence-corrected chi connectivity index (χ2v) is 10.4. The van der Waals surface area contributed by atoms with Crippen molar-refractivity contribution >= 4 is 28.6 Å². The number of hydrogen-bond acceptors (Lipinski definition) is 5. The Morgan fingerprint density at radius 1 is 1.25 bits per heavy atom. The third-order valence-electron chi connectivity index (χ3n) is 5.48. The van der Waals surface area contributed by atoms with Gasteiger partial charge in [0, 0.05) is 6.20 Å². The van der Waals surface area contributed by atoms with Crippen LogP contribution in [0, 0.1) is 5.82 Å². The maximum Gasteiger partial charge on any atom is 0.329 e. The molecule has 0 bridgehead atoms. The molecule has 1 heterocycles. The Morgan fingerprint density at radius 2 is 1.82 bits per heavy atom. The molecule has 1 atom stereocenters. The van der Waals surface area contributed by atoms with Crippen molar-refractivity contribution in [3.05, 3.63) is 44.7 Å². The Morgan fingerprint density at radius 3 is 2.36 bits per heavy atom. The molecule has 2 aliphatic rings. The minimum absolute atomic E-state index is 0.0605. The molecule has 1 aromatic heterocycles. The Labute approximate surface area is 170 Å². The fraction of sp³-hybridized carbons (Fsp3) is 0.500. The van der Waals surface area contributed by atoms with E-state index in [0.717, 1.165) is 77.7 Å². The molecule has 0 saturated heterocycles. The molecule has 1 aromatic carbocycles. The summed E-state index contributed by atoms with van der Waals surface area (Å²) in [5, 5.41) is 10.0. The number of amides is 1. The van der Waals surface area contributed by atoms with Gasteiger partial charge in [0.2, 0.25) is 0 Å². The maximum absolute atomic E-state index is 14.7. The summed E-state index contributed by atoms with van der Waals surface area (Å²) < 4.78 is 30.0. The zero-order chi connectivity index (χ0) is 20.1. The number of carbonyl (C=O) groups is 1. The Bertz CT molecular complexity index is 901. The third-order valence-corrected chi connectivity index (χ3v) is 8.13. The molecule has 2 N–H and O–H groups in total. The highest BCUT2D eigenvalue weighted by atomic mass is 32.2. The van der Waals surface area contributed by atoms with Crippen molar-refractivity contribution in [1.82, 2.24) is 9.71 Å². The van der Waals surface area contributed by atoms with E-state index < -0.39 is 17.0 Å². The molecule has 1 amide bonds. The van der Waals surface area contributed by atoms with Crippen LogP contribution in [0.4, 0.5) is 4.39 Å². The van der Waals surface area contributed by atoms with Gasteiger partial charge >= 0.3 is 4.34 Å². The van der Waals surface area contributed by atoms with Crippen LogP contribution in [0.15, 0.2) is 10.5 Å². The molecule has 8 heteroatoms. The number of hydrogen-bond donors (Lipinski definition) is 2.